The van der Waals surface area contributed by atoms with E-state index in [9.17, 15) is 0 Å². The molecule has 0 spiro atoms. The van der Waals surface area contributed by atoms with Crippen molar-refractivity contribution in [3.63, 3.8) is 0 Å². The van der Waals surface area contributed by atoms with Crippen molar-refractivity contribution < 1.29 is 14.2 Å². The monoisotopic (exact) mass is 240 g/mol. The molecular weight excluding hydrogens is 220 g/mol. The van der Waals surface area contributed by atoms with E-state index in [-0.39, 0.29) is 0 Å². The van der Waals surface area contributed by atoms with Crippen LogP contribution in [0.15, 0.2) is 30.3 Å². The maximum atomic E-state index is 5.47. The molecule has 0 bridgehead atoms. The fourth-order valence-corrected chi connectivity index (χ4v) is 4.96. The lowest BCUT2D eigenvalue weighted by molar-refractivity contribution is -0.299. The van der Waals surface area contributed by atoms with Crippen LogP contribution >= 0.6 is 0 Å². The van der Waals surface area contributed by atoms with Gasteiger partial charge in [-0.15, -0.1) is 0 Å². The fraction of sp³-hybridized carbons (Fsp3) is 0.500. The molecule has 0 N–H and O–H groups in total. The zero-order valence-electron chi connectivity index (χ0n) is 10.6. The predicted molar refractivity (Wildman–Crippen MR) is 67.3 cm³/mol. The summed E-state index contributed by atoms with van der Waals surface area (Å²) in [6, 6.07) is 10.2. The van der Waals surface area contributed by atoms with Crippen molar-refractivity contribution in [3.8, 4) is 0 Å². The van der Waals surface area contributed by atoms with Crippen LogP contribution in [0.2, 0.25) is 13.1 Å². The van der Waals surface area contributed by atoms with Crippen LogP contribution in [0.1, 0.15) is 0 Å². The van der Waals surface area contributed by atoms with E-state index in [4.69, 9.17) is 14.2 Å². The quantitative estimate of drug-likeness (QED) is 0.579. The maximum Gasteiger partial charge on any atom is 0.260 e. The second-order valence-corrected chi connectivity index (χ2v) is 8.60. The summed E-state index contributed by atoms with van der Waals surface area (Å²) in [5.74, 6) is 0. The molecule has 1 aromatic carbocycles. The molecule has 90 valence electrons. The van der Waals surface area contributed by atoms with Gasteiger partial charge < -0.3 is 14.2 Å². The van der Waals surface area contributed by atoms with Crippen LogP contribution in [0.25, 0.3) is 0 Å². The smallest absolute Gasteiger partial charge is 0.260 e. The van der Waals surface area contributed by atoms with Gasteiger partial charge >= 0.3 is 0 Å². The van der Waals surface area contributed by atoms with Gasteiger partial charge in [-0.3, -0.25) is 0 Å². The van der Waals surface area contributed by atoms with E-state index in [0.29, 0.717) is 0 Å². The number of hydrogen-bond donors (Lipinski definition) is 0. The summed E-state index contributed by atoms with van der Waals surface area (Å²) in [5, 5.41) is 1.24. The van der Waals surface area contributed by atoms with Gasteiger partial charge in [-0.2, -0.15) is 0 Å². The van der Waals surface area contributed by atoms with Crippen LogP contribution in [-0.4, -0.2) is 35.0 Å². The molecule has 0 radical (unpaired) electrons. The van der Waals surface area contributed by atoms with Crippen LogP contribution < -0.4 is 5.19 Å². The lowest BCUT2D eigenvalue weighted by atomic mass is 10.4. The van der Waals surface area contributed by atoms with Gasteiger partial charge in [0.2, 0.25) is 0 Å². The Kier molecular flexibility index (Phi) is 4.26. The topological polar surface area (TPSA) is 27.7 Å². The minimum atomic E-state index is -2.03. The Hall–Kier alpha value is -0.683. The molecule has 0 atom stereocenters. The molecule has 0 aliphatic heterocycles. The van der Waals surface area contributed by atoms with Crippen LogP contribution in [-0.2, 0) is 14.2 Å². The largest absolute Gasteiger partial charge is 0.335 e. The van der Waals surface area contributed by atoms with Gasteiger partial charge in [0.1, 0.15) is 0 Å². The Labute approximate surface area is 98.3 Å². The zero-order valence-corrected chi connectivity index (χ0v) is 11.6. The number of ether oxygens (including phenoxy) is 3. The molecule has 0 heterocycles. The minimum absolute atomic E-state index is 0.936. The highest BCUT2D eigenvalue weighted by molar-refractivity contribution is 6.91. The summed E-state index contributed by atoms with van der Waals surface area (Å²) in [5.41, 5.74) is -0.936. The van der Waals surface area contributed by atoms with Gasteiger partial charge in [-0.05, 0) is 0 Å². The molecule has 0 saturated carbocycles. The summed E-state index contributed by atoms with van der Waals surface area (Å²) < 4.78 is 16.4. The number of rotatable bonds is 5. The van der Waals surface area contributed by atoms with Crippen molar-refractivity contribution in [1.29, 1.82) is 0 Å². The minimum Gasteiger partial charge on any atom is -0.335 e. The molecule has 1 rings (SSSR count). The summed E-state index contributed by atoms with van der Waals surface area (Å²) in [7, 11) is 2.82. The predicted octanol–water partition coefficient (Wildman–Crippen LogP) is 1.73. The van der Waals surface area contributed by atoms with E-state index >= 15 is 0 Å². The van der Waals surface area contributed by atoms with Crippen molar-refractivity contribution in [2.24, 2.45) is 0 Å². The highest BCUT2D eigenvalue weighted by atomic mass is 28.3. The molecule has 0 saturated heterocycles. The first-order valence-corrected chi connectivity index (χ1v) is 8.25. The molecule has 0 fully saturated rings. The molecule has 0 aromatic heterocycles. The molecular formula is C12H20O3Si. The molecule has 3 nitrogen and oxygen atoms in total. The highest BCUT2D eigenvalue weighted by Crippen LogP contribution is 2.25. The van der Waals surface area contributed by atoms with Gasteiger partial charge in [-0.1, -0.05) is 48.6 Å². The average molecular weight is 240 g/mol. The maximum absolute atomic E-state index is 5.47. The summed E-state index contributed by atoms with van der Waals surface area (Å²) in [4.78, 5) is 0. The summed E-state index contributed by atoms with van der Waals surface area (Å²) in [6.45, 7) is 4.33. The Balaban J connectivity index is 3.18. The van der Waals surface area contributed by atoms with Gasteiger partial charge in [0.25, 0.3) is 5.60 Å². The van der Waals surface area contributed by atoms with Gasteiger partial charge in [0.05, 0.1) is 0 Å². The van der Waals surface area contributed by atoms with Crippen molar-refractivity contribution in [3.05, 3.63) is 30.3 Å². The van der Waals surface area contributed by atoms with Gasteiger partial charge in [0, 0.05) is 21.3 Å². The lowest BCUT2D eigenvalue weighted by Crippen LogP contribution is -2.65. The molecule has 16 heavy (non-hydrogen) atoms. The fourth-order valence-electron chi connectivity index (χ4n) is 2.05. The first-order valence-electron chi connectivity index (χ1n) is 5.25. The Morgan fingerprint density at radius 1 is 0.875 bits per heavy atom. The second-order valence-electron chi connectivity index (χ2n) is 4.16. The SMILES string of the molecule is COC(OC)(OC)[Si](C)(C)c1ccccc1. The Bertz CT molecular complexity index is 312. The Morgan fingerprint density at radius 3 is 1.69 bits per heavy atom. The highest BCUT2D eigenvalue weighted by Gasteiger charge is 2.50. The van der Waals surface area contributed by atoms with E-state index in [0.717, 1.165) is 0 Å². The van der Waals surface area contributed by atoms with E-state index < -0.39 is 13.7 Å². The summed E-state index contributed by atoms with van der Waals surface area (Å²) in [6.07, 6.45) is 0. The van der Waals surface area contributed by atoms with E-state index in [1.54, 1.807) is 21.3 Å². The molecule has 4 heteroatoms. The summed E-state index contributed by atoms with van der Waals surface area (Å²) >= 11 is 0. The Morgan fingerprint density at radius 2 is 1.31 bits per heavy atom. The molecule has 0 aliphatic carbocycles. The van der Waals surface area contributed by atoms with Gasteiger partial charge in [-0.25, -0.2) is 0 Å². The molecule has 0 aliphatic rings. The van der Waals surface area contributed by atoms with Crippen LogP contribution in [0, 0.1) is 0 Å². The van der Waals surface area contributed by atoms with Crippen LogP contribution in [0.4, 0.5) is 0 Å². The average Bonchev–Trinajstić information content (AvgIpc) is 2.33. The molecule has 0 amide bonds. The van der Waals surface area contributed by atoms with Gasteiger partial charge in [0.15, 0.2) is 8.07 Å². The first kappa shape index (κ1) is 13.4. The third-order valence-electron chi connectivity index (χ3n) is 3.07. The van der Waals surface area contributed by atoms with Crippen molar-refractivity contribution in [2.45, 2.75) is 18.7 Å². The van der Waals surface area contributed by atoms with Crippen LogP contribution in [0.3, 0.4) is 0 Å². The standard InChI is InChI=1S/C12H20O3Si/c1-13-12(14-2,15-3)16(4,5)11-9-7-6-8-10-11/h6-10H,1-5H3. The third-order valence-corrected chi connectivity index (χ3v) is 6.99. The first-order chi connectivity index (χ1) is 7.54. The number of hydrogen-bond acceptors (Lipinski definition) is 3. The van der Waals surface area contributed by atoms with Crippen LogP contribution in [0.5, 0.6) is 0 Å². The third kappa shape index (κ3) is 2.06. The van der Waals surface area contributed by atoms with Crippen molar-refractivity contribution in [1.82, 2.24) is 0 Å². The molecule has 1 aromatic rings. The van der Waals surface area contributed by atoms with E-state index in [1.165, 1.54) is 5.19 Å². The number of methoxy groups -OCH3 is 3. The lowest BCUT2D eigenvalue weighted by Gasteiger charge is -2.41. The second kappa shape index (κ2) is 5.10. The zero-order chi connectivity index (χ0) is 12.2. The van der Waals surface area contributed by atoms with E-state index in [1.807, 2.05) is 18.2 Å². The van der Waals surface area contributed by atoms with Crippen molar-refractivity contribution >= 4 is 13.3 Å². The normalized spacial score (nSPS) is 12.8. The van der Waals surface area contributed by atoms with E-state index in [2.05, 4.69) is 25.2 Å². The molecule has 0 unspecified atom stereocenters. The van der Waals surface area contributed by atoms with Crippen molar-refractivity contribution in [2.75, 3.05) is 21.3 Å². The number of benzene rings is 1.